The Bertz CT molecular complexity index is 586. The Morgan fingerprint density at radius 3 is 2.33 bits per heavy atom. The van der Waals surface area contributed by atoms with Crippen molar-refractivity contribution in [2.45, 2.75) is 18.3 Å². The number of piperidine rings is 1. The summed E-state index contributed by atoms with van der Waals surface area (Å²) in [7, 11) is 0. The molecule has 1 aliphatic heterocycles. The number of halogens is 3. The molecular weight excluding hydrogens is 325 g/mol. The van der Waals surface area contributed by atoms with Gasteiger partial charge in [0.1, 0.15) is 0 Å². The van der Waals surface area contributed by atoms with E-state index in [1.165, 1.54) is 11.1 Å². The van der Waals surface area contributed by atoms with Crippen LogP contribution in [0.25, 0.3) is 0 Å². The van der Waals surface area contributed by atoms with Gasteiger partial charge in [0.2, 0.25) is 0 Å². The SMILES string of the molecule is Cl.Clc1ccc(C2CCNCC2c2ccccc2)cc1Cl. The van der Waals surface area contributed by atoms with Gasteiger partial charge in [0.15, 0.2) is 0 Å². The standard InChI is InChI=1S/C17H17Cl2N.ClH/c18-16-7-6-13(10-17(16)19)14-8-9-20-11-15(14)12-4-2-1-3-5-12;/h1-7,10,14-15,20H,8-9,11H2;1H. The van der Waals surface area contributed by atoms with E-state index in [0.29, 0.717) is 21.9 Å². The first kappa shape index (κ1) is 16.6. The zero-order valence-electron chi connectivity index (χ0n) is 11.6. The Kier molecular flexibility index (Phi) is 5.95. The predicted octanol–water partition coefficient (Wildman–Crippen LogP) is 5.28. The average Bonchev–Trinajstić information content (AvgIpc) is 2.51. The molecule has 2 aromatic carbocycles. The van der Waals surface area contributed by atoms with E-state index in [1.807, 2.05) is 12.1 Å². The summed E-state index contributed by atoms with van der Waals surface area (Å²) in [5.41, 5.74) is 2.67. The average molecular weight is 343 g/mol. The summed E-state index contributed by atoms with van der Waals surface area (Å²) in [4.78, 5) is 0. The summed E-state index contributed by atoms with van der Waals surface area (Å²) in [5.74, 6) is 0.982. The molecule has 2 atom stereocenters. The number of benzene rings is 2. The molecule has 4 heteroatoms. The minimum atomic E-state index is 0. The Balaban J connectivity index is 0.00000161. The summed E-state index contributed by atoms with van der Waals surface area (Å²) in [6.45, 7) is 2.06. The van der Waals surface area contributed by atoms with Crippen molar-refractivity contribution in [1.29, 1.82) is 0 Å². The third kappa shape index (κ3) is 3.73. The molecule has 1 saturated heterocycles. The minimum Gasteiger partial charge on any atom is -0.316 e. The molecule has 0 spiro atoms. The van der Waals surface area contributed by atoms with Crippen LogP contribution in [0, 0.1) is 0 Å². The van der Waals surface area contributed by atoms with Crippen molar-refractivity contribution in [3.05, 3.63) is 69.7 Å². The molecule has 0 bridgehead atoms. The maximum atomic E-state index is 6.18. The third-order valence-electron chi connectivity index (χ3n) is 4.08. The van der Waals surface area contributed by atoms with Gasteiger partial charge in [-0.1, -0.05) is 59.6 Å². The summed E-state index contributed by atoms with van der Waals surface area (Å²) < 4.78 is 0. The highest BCUT2D eigenvalue weighted by atomic mass is 35.5. The minimum absolute atomic E-state index is 0. The molecule has 2 aromatic rings. The van der Waals surface area contributed by atoms with Gasteiger partial charge in [-0.2, -0.15) is 0 Å². The van der Waals surface area contributed by atoms with Crippen molar-refractivity contribution in [2.24, 2.45) is 0 Å². The smallest absolute Gasteiger partial charge is 0.0595 e. The molecule has 0 aromatic heterocycles. The molecule has 0 radical (unpaired) electrons. The van der Waals surface area contributed by atoms with Crippen LogP contribution in [0.5, 0.6) is 0 Å². The summed E-state index contributed by atoms with van der Waals surface area (Å²) in [6.07, 6.45) is 1.12. The molecule has 1 fully saturated rings. The van der Waals surface area contributed by atoms with Crippen LogP contribution in [0.4, 0.5) is 0 Å². The summed E-state index contributed by atoms with van der Waals surface area (Å²) in [5, 5.41) is 4.77. The van der Waals surface area contributed by atoms with Crippen LogP contribution in [0.3, 0.4) is 0 Å². The van der Waals surface area contributed by atoms with Crippen molar-refractivity contribution in [3.8, 4) is 0 Å². The number of hydrogen-bond donors (Lipinski definition) is 1. The summed E-state index contributed by atoms with van der Waals surface area (Å²) in [6, 6.07) is 16.7. The molecule has 1 N–H and O–H groups in total. The van der Waals surface area contributed by atoms with Crippen molar-refractivity contribution in [1.82, 2.24) is 5.32 Å². The first-order valence-electron chi connectivity index (χ1n) is 6.96. The van der Waals surface area contributed by atoms with E-state index >= 15 is 0 Å². The second kappa shape index (κ2) is 7.51. The van der Waals surface area contributed by atoms with Crippen molar-refractivity contribution in [3.63, 3.8) is 0 Å². The monoisotopic (exact) mass is 341 g/mol. The first-order valence-corrected chi connectivity index (χ1v) is 7.72. The zero-order valence-corrected chi connectivity index (χ0v) is 13.9. The maximum absolute atomic E-state index is 6.18. The van der Waals surface area contributed by atoms with E-state index in [-0.39, 0.29) is 12.4 Å². The lowest BCUT2D eigenvalue weighted by Crippen LogP contribution is -2.34. The predicted molar refractivity (Wildman–Crippen MR) is 93.1 cm³/mol. The quantitative estimate of drug-likeness (QED) is 0.783. The Morgan fingerprint density at radius 2 is 1.62 bits per heavy atom. The van der Waals surface area contributed by atoms with E-state index in [9.17, 15) is 0 Å². The molecule has 21 heavy (non-hydrogen) atoms. The van der Waals surface area contributed by atoms with Gasteiger partial charge < -0.3 is 5.32 Å². The molecule has 0 amide bonds. The van der Waals surface area contributed by atoms with E-state index < -0.39 is 0 Å². The van der Waals surface area contributed by atoms with Crippen molar-refractivity contribution >= 4 is 35.6 Å². The van der Waals surface area contributed by atoms with Crippen LogP contribution in [-0.4, -0.2) is 13.1 Å². The maximum Gasteiger partial charge on any atom is 0.0595 e. The molecule has 3 rings (SSSR count). The van der Waals surface area contributed by atoms with Gasteiger partial charge >= 0.3 is 0 Å². The normalized spacial score (nSPS) is 21.6. The number of nitrogens with one attached hydrogen (secondary N) is 1. The van der Waals surface area contributed by atoms with Gasteiger partial charge in [0, 0.05) is 12.5 Å². The highest BCUT2D eigenvalue weighted by molar-refractivity contribution is 6.42. The molecule has 0 saturated carbocycles. The largest absolute Gasteiger partial charge is 0.316 e. The van der Waals surface area contributed by atoms with Gasteiger partial charge in [-0.25, -0.2) is 0 Å². The van der Waals surface area contributed by atoms with E-state index in [1.54, 1.807) is 0 Å². The van der Waals surface area contributed by atoms with E-state index in [4.69, 9.17) is 23.2 Å². The van der Waals surface area contributed by atoms with Crippen LogP contribution in [0.1, 0.15) is 29.4 Å². The highest BCUT2D eigenvalue weighted by Gasteiger charge is 2.27. The number of rotatable bonds is 2. The first-order chi connectivity index (χ1) is 9.75. The molecular formula is C17H18Cl3N. The van der Waals surface area contributed by atoms with E-state index in [0.717, 1.165) is 19.5 Å². The fourth-order valence-corrected chi connectivity index (χ4v) is 3.36. The van der Waals surface area contributed by atoms with Gasteiger partial charge in [-0.15, -0.1) is 12.4 Å². The van der Waals surface area contributed by atoms with Crippen LogP contribution in [-0.2, 0) is 0 Å². The molecule has 112 valence electrons. The summed E-state index contributed by atoms with van der Waals surface area (Å²) >= 11 is 12.2. The molecule has 2 unspecified atom stereocenters. The van der Waals surface area contributed by atoms with Crippen LogP contribution < -0.4 is 5.32 Å². The third-order valence-corrected chi connectivity index (χ3v) is 4.82. The van der Waals surface area contributed by atoms with Gasteiger partial charge in [0.25, 0.3) is 0 Å². The fraction of sp³-hybridized carbons (Fsp3) is 0.294. The molecule has 1 nitrogen and oxygen atoms in total. The van der Waals surface area contributed by atoms with Crippen LogP contribution in [0.2, 0.25) is 10.0 Å². The van der Waals surface area contributed by atoms with Gasteiger partial charge in [-0.3, -0.25) is 0 Å². The van der Waals surface area contributed by atoms with E-state index in [2.05, 4.69) is 41.7 Å². The second-order valence-electron chi connectivity index (χ2n) is 5.29. The Hall–Kier alpha value is -0.730. The topological polar surface area (TPSA) is 12.0 Å². The lowest BCUT2D eigenvalue weighted by atomic mass is 9.77. The lowest BCUT2D eigenvalue weighted by molar-refractivity contribution is 0.404. The number of hydrogen-bond acceptors (Lipinski definition) is 1. The molecule has 0 aliphatic carbocycles. The van der Waals surface area contributed by atoms with Gasteiger partial charge in [-0.05, 0) is 42.1 Å². The van der Waals surface area contributed by atoms with Crippen LogP contribution >= 0.6 is 35.6 Å². The highest BCUT2D eigenvalue weighted by Crippen LogP contribution is 2.39. The fourth-order valence-electron chi connectivity index (χ4n) is 3.05. The van der Waals surface area contributed by atoms with Crippen molar-refractivity contribution < 1.29 is 0 Å². The van der Waals surface area contributed by atoms with Gasteiger partial charge in [0.05, 0.1) is 10.0 Å². The van der Waals surface area contributed by atoms with Crippen LogP contribution in [0.15, 0.2) is 48.5 Å². The molecule has 1 aliphatic rings. The second-order valence-corrected chi connectivity index (χ2v) is 6.10. The zero-order chi connectivity index (χ0) is 13.9. The Morgan fingerprint density at radius 1 is 0.857 bits per heavy atom. The van der Waals surface area contributed by atoms with Crippen molar-refractivity contribution in [2.75, 3.05) is 13.1 Å². The Labute approximate surface area is 142 Å². The molecule has 1 heterocycles. The lowest BCUT2D eigenvalue weighted by Gasteiger charge is -2.33.